The summed E-state index contributed by atoms with van der Waals surface area (Å²) in [6.07, 6.45) is -3.27. The number of thiazole rings is 1. The Kier molecular flexibility index (Phi) is 5.28. The maximum atomic E-state index is 13.0. The van der Waals surface area contributed by atoms with Crippen LogP contribution in [0.3, 0.4) is 0 Å². The van der Waals surface area contributed by atoms with Crippen molar-refractivity contribution >= 4 is 34.2 Å². The Morgan fingerprint density at radius 2 is 2.00 bits per heavy atom. The molecule has 0 bridgehead atoms. The van der Waals surface area contributed by atoms with Gasteiger partial charge in [0.2, 0.25) is 6.79 Å². The van der Waals surface area contributed by atoms with Crippen LogP contribution in [-0.4, -0.2) is 11.8 Å². The number of aromatic nitrogens is 1. The lowest BCUT2D eigenvalue weighted by Gasteiger charge is -2.10. The predicted octanol–water partition coefficient (Wildman–Crippen LogP) is 6.19. The average molecular weight is 450 g/mol. The molecule has 2 aromatic carbocycles. The lowest BCUT2D eigenvalue weighted by atomic mass is 10.1. The number of fused-ring (bicyclic) bond motifs is 1. The van der Waals surface area contributed by atoms with Gasteiger partial charge in [-0.1, -0.05) is 11.6 Å². The first-order chi connectivity index (χ1) is 14.3. The highest BCUT2D eigenvalue weighted by Gasteiger charge is 2.33. The van der Waals surface area contributed by atoms with Crippen LogP contribution >= 0.6 is 22.9 Å². The zero-order chi connectivity index (χ0) is 21.3. The summed E-state index contributed by atoms with van der Waals surface area (Å²) in [6.45, 7) is 0.162. The summed E-state index contributed by atoms with van der Waals surface area (Å²) in [5.74, 6) is 1.26. The van der Waals surface area contributed by atoms with Gasteiger partial charge in [0.1, 0.15) is 16.6 Å². The molecular formula is C20H11ClF3N3O2S. The molecule has 0 saturated carbocycles. The average Bonchev–Trinajstić information content (AvgIpc) is 3.37. The number of halogens is 4. The first-order valence-corrected chi connectivity index (χ1v) is 9.70. The molecule has 0 atom stereocenters. The second-order valence-electron chi connectivity index (χ2n) is 6.11. The first kappa shape index (κ1) is 20.1. The zero-order valence-corrected chi connectivity index (χ0v) is 16.5. The maximum absolute atomic E-state index is 13.0. The van der Waals surface area contributed by atoms with E-state index in [1.165, 1.54) is 23.6 Å². The summed E-state index contributed by atoms with van der Waals surface area (Å²) in [5, 5.41) is 14.0. The number of allylic oxidation sites excluding steroid dienone is 1. The Bertz CT molecular complexity index is 1180. The van der Waals surface area contributed by atoms with Crippen molar-refractivity contribution in [3.05, 3.63) is 63.6 Å². The highest BCUT2D eigenvalue weighted by Crippen LogP contribution is 2.37. The van der Waals surface area contributed by atoms with Crippen LogP contribution in [0.15, 0.2) is 48.0 Å². The number of hydrogen-bond donors (Lipinski definition) is 1. The Hall–Kier alpha value is -3.22. The molecule has 2 heterocycles. The largest absolute Gasteiger partial charge is 0.454 e. The number of ether oxygens (including phenoxy) is 2. The molecule has 0 saturated heterocycles. The van der Waals surface area contributed by atoms with Crippen molar-refractivity contribution in [3.63, 3.8) is 0 Å². The van der Waals surface area contributed by atoms with Gasteiger partial charge in [-0.3, -0.25) is 0 Å². The van der Waals surface area contributed by atoms with E-state index in [1.807, 2.05) is 12.1 Å². The summed E-state index contributed by atoms with van der Waals surface area (Å²) in [6, 6.07) is 10.8. The molecule has 0 aliphatic carbocycles. The van der Waals surface area contributed by atoms with E-state index in [0.717, 1.165) is 17.7 Å². The van der Waals surface area contributed by atoms with Gasteiger partial charge in [0.15, 0.2) is 11.5 Å². The second kappa shape index (κ2) is 7.89. The Labute approximate surface area is 178 Å². The van der Waals surface area contributed by atoms with E-state index >= 15 is 0 Å². The molecule has 1 aromatic heterocycles. The fourth-order valence-corrected chi connectivity index (χ4v) is 3.73. The third kappa shape index (κ3) is 4.06. The van der Waals surface area contributed by atoms with E-state index in [-0.39, 0.29) is 18.1 Å². The van der Waals surface area contributed by atoms with Crippen LogP contribution in [0.25, 0.3) is 16.8 Å². The van der Waals surface area contributed by atoms with Crippen LogP contribution in [0.5, 0.6) is 11.5 Å². The van der Waals surface area contributed by atoms with Crippen molar-refractivity contribution in [1.29, 1.82) is 5.26 Å². The van der Waals surface area contributed by atoms with E-state index in [1.54, 1.807) is 17.5 Å². The molecule has 5 nitrogen and oxygen atoms in total. The maximum Gasteiger partial charge on any atom is 0.417 e. The van der Waals surface area contributed by atoms with Crippen LogP contribution in [0.1, 0.15) is 10.6 Å². The minimum atomic E-state index is -4.58. The molecule has 0 unspecified atom stereocenters. The summed E-state index contributed by atoms with van der Waals surface area (Å²) in [7, 11) is 0. The summed E-state index contributed by atoms with van der Waals surface area (Å²) < 4.78 is 49.6. The molecule has 0 radical (unpaired) electrons. The van der Waals surface area contributed by atoms with E-state index in [0.29, 0.717) is 22.2 Å². The smallest absolute Gasteiger partial charge is 0.417 e. The summed E-state index contributed by atoms with van der Waals surface area (Å²) in [4.78, 5) is 4.45. The van der Waals surface area contributed by atoms with Gasteiger partial charge in [-0.05, 0) is 36.4 Å². The van der Waals surface area contributed by atoms with E-state index in [2.05, 4.69) is 10.3 Å². The lowest BCUT2D eigenvalue weighted by molar-refractivity contribution is -0.137. The van der Waals surface area contributed by atoms with Crippen LogP contribution in [0.4, 0.5) is 18.9 Å². The number of anilines is 1. The van der Waals surface area contributed by atoms with Gasteiger partial charge in [-0.2, -0.15) is 18.4 Å². The third-order valence-corrected chi connectivity index (χ3v) is 5.38. The quantitative estimate of drug-likeness (QED) is 0.481. The number of hydrogen-bond acceptors (Lipinski definition) is 6. The van der Waals surface area contributed by atoms with Gasteiger partial charge in [0, 0.05) is 22.8 Å². The Balaban J connectivity index is 1.57. The Morgan fingerprint density at radius 3 is 2.77 bits per heavy atom. The van der Waals surface area contributed by atoms with Crippen molar-refractivity contribution in [3.8, 4) is 28.8 Å². The number of rotatable bonds is 4. The standard InChI is InChI=1S/C20H11ClF3N3O2S/c21-15-3-2-13(6-14(15)20(22,23)24)26-8-12(7-25)19-27-16(9-30-19)11-1-4-17-18(5-11)29-10-28-17/h1-6,8-9,26H,10H2/b12-8-. The molecule has 30 heavy (non-hydrogen) atoms. The van der Waals surface area contributed by atoms with E-state index < -0.39 is 16.8 Å². The predicted molar refractivity (Wildman–Crippen MR) is 107 cm³/mol. The number of nitrogens with zero attached hydrogens (tertiary/aromatic N) is 2. The topological polar surface area (TPSA) is 67.2 Å². The van der Waals surface area contributed by atoms with Crippen molar-refractivity contribution in [2.24, 2.45) is 0 Å². The van der Waals surface area contributed by atoms with Gasteiger partial charge in [0.05, 0.1) is 16.3 Å². The number of nitriles is 1. The number of benzene rings is 2. The van der Waals surface area contributed by atoms with Gasteiger partial charge in [0.25, 0.3) is 0 Å². The Morgan fingerprint density at radius 1 is 1.20 bits per heavy atom. The lowest BCUT2D eigenvalue weighted by Crippen LogP contribution is -2.06. The highest BCUT2D eigenvalue weighted by molar-refractivity contribution is 7.11. The molecule has 0 spiro atoms. The number of alkyl halides is 3. The minimum absolute atomic E-state index is 0.145. The molecule has 0 amide bonds. The van der Waals surface area contributed by atoms with E-state index in [4.69, 9.17) is 21.1 Å². The van der Waals surface area contributed by atoms with Gasteiger partial charge < -0.3 is 14.8 Å². The molecular weight excluding hydrogens is 439 g/mol. The summed E-state index contributed by atoms with van der Waals surface area (Å²) in [5.41, 5.74) is 0.794. The summed E-state index contributed by atoms with van der Waals surface area (Å²) >= 11 is 6.86. The van der Waals surface area contributed by atoms with Crippen molar-refractivity contribution in [1.82, 2.24) is 4.98 Å². The molecule has 1 aliphatic heterocycles. The van der Waals surface area contributed by atoms with Crippen molar-refractivity contribution in [2.45, 2.75) is 6.18 Å². The fraction of sp³-hybridized carbons (Fsp3) is 0.100. The van der Waals surface area contributed by atoms with Crippen LogP contribution < -0.4 is 14.8 Å². The third-order valence-electron chi connectivity index (χ3n) is 4.18. The normalized spacial score (nSPS) is 13.2. The molecule has 152 valence electrons. The van der Waals surface area contributed by atoms with Gasteiger partial charge in [-0.15, -0.1) is 11.3 Å². The van der Waals surface area contributed by atoms with Gasteiger partial charge in [-0.25, -0.2) is 4.98 Å². The first-order valence-electron chi connectivity index (χ1n) is 8.44. The molecule has 10 heteroatoms. The van der Waals surface area contributed by atoms with Crippen molar-refractivity contribution in [2.75, 3.05) is 12.1 Å². The van der Waals surface area contributed by atoms with Crippen LogP contribution in [0.2, 0.25) is 5.02 Å². The second-order valence-corrected chi connectivity index (χ2v) is 7.38. The number of nitrogens with one attached hydrogen (secondary N) is 1. The molecule has 1 aliphatic rings. The molecule has 1 N–H and O–H groups in total. The van der Waals surface area contributed by atoms with Crippen molar-refractivity contribution < 1.29 is 22.6 Å². The molecule has 3 aromatic rings. The monoisotopic (exact) mass is 449 g/mol. The molecule has 0 fully saturated rings. The fourth-order valence-electron chi connectivity index (χ4n) is 2.72. The van der Waals surface area contributed by atoms with Gasteiger partial charge >= 0.3 is 6.18 Å². The van der Waals surface area contributed by atoms with Crippen LogP contribution in [0, 0.1) is 11.3 Å². The minimum Gasteiger partial charge on any atom is -0.454 e. The van der Waals surface area contributed by atoms with E-state index in [9.17, 15) is 18.4 Å². The SMILES string of the molecule is N#C/C(=C/Nc1ccc(Cl)c(C(F)(F)F)c1)c1nc(-c2ccc3c(c2)OCO3)cs1. The zero-order valence-electron chi connectivity index (χ0n) is 15.0. The highest BCUT2D eigenvalue weighted by atomic mass is 35.5. The van der Waals surface area contributed by atoms with Crippen LogP contribution in [-0.2, 0) is 6.18 Å². The molecule has 4 rings (SSSR count).